The summed E-state index contributed by atoms with van der Waals surface area (Å²) in [7, 11) is -2.01. The molecule has 0 saturated carbocycles. The molecule has 0 unspecified atom stereocenters. The van der Waals surface area contributed by atoms with E-state index < -0.39 is 10.0 Å². The van der Waals surface area contributed by atoms with Gasteiger partial charge in [-0.2, -0.15) is 9.40 Å². The van der Waals surface area contributed by atoms with E-state index in [-0.39, 0.29) is 17.3 Å². The van der Waals surface area contributed by atoms with E-state index in [1.165, 1.54) is 28.6 Å². The number of para-hydroxylation sites is 1. The minimum absolute atomic E-state index is 0.155. The predicted octanol–water partition coefficient (Wildman–Crippen LogP) is 3.50. The normalized spacial score (nSPS) is 14.2. The first-order chi connectivity index (χ1) is 18.5. The number of nitrogens with zero attached hydrogens (tertiary/aromatic N) is 3. The molecule has 1 N–H and O–H groups in total. The second-order valence-electron chi connectivity index (χ2n) is 8.74. The van der Waals surface area contributed by atoms with Crippen LogP contribution in [0.4, 0.5) is 0 Å². The van der Waals surface area contributed by atoms with Crippen LogP contribution in [0.1, 0.15) is 15.9 Å². The maximum absolute atomic E-state index is 13.0. The lowest BCUT2D eigenvalue weighted by molar-refractivity contribution is 0.0730. The van der Waals surface area contributed by atoms with Gasteiger partial charge in [-0.05, 0) is 60.7 Å². The Balaban J connectivity index is 1.34. The third kappa shape index (κ3) is 5.47. The number of hydrogen-bond acceptors (Lipinski definition) is 6. The average molecular weight is 533 g/mol. The molecule has 4 aromatic rings. The summed E-state index contributed by atoms with van der Waals surface area (Å²) in [5.74, 6) is 0.429. The molecule has 38 heavy (non-hydrogen) atoms. The summed E-state index contributed by atoms with van der Waals surface area (Å²) in [5.41, 5.74) is 3.73. The number of carbonyl (C=O) groups excluding carboxylic acids is 1. The molecule has 1 fully saturated rings. The van der Waals surface area contributed by atoms with Crippen LogP contribution in [-0.2, 0) is 21.3 Å². The van der Waals surface area contributed by atoms with Crippen LogP contribution < -0.4 is 10.1 Å². The summed E-state index contributed by atoms with van der Waals surface area (Å²) in [5, 5.41) is 7.73. The van der Waals surface area contributed by atoms with Gasteiger partial charge in [0.05, 0.1) is 36.6 Å². The molecule has 1 aliphatic rings. The van der Waals surface area contributed by atoms with Crippen LogP contribution in [0.2, 0.25) is 0 Å². The van der Waals surface area contributed by atoms with Crippen LogP contribution in [0.3, 0.4) is 0 Å². The van der Waals surface area contributed by atoms with Gasteiger partial charge in [-0.15, -0.1) is 0 Å². The zero-order valence-corrected chi connectivity index (χ0v) is 21.7. The predicted molar refractivity (Wildman–Crippen MR) is 143 cm³/mol. The van der Waals surface area contributed by atoms with Crippen molar-refractivity contribution >= 4 is 15.9 Å². The molecule has 1 saturated heterocycles. The molecule has 3 aromatic carbocycles. The summed E-state index contributed by atoms with van der Waals surface area (Å²) in [4.78, 5) is 13.1. The molecule has 0 bridgehead atoms. The fraction of sp³-hybridized carbons (Fsp3) is 0.214. The first-order valence-corrected chi connectivity index (χ1v) is 13.6. The van der Waals surface area contributed by atoms with Crippen molar-refractivity contribution in [1.82, 2.24) is 19.4 Å². The van der Waals surface area contributed by atoms with Crippen molar-refractivity contribution in [3.05, 3.63) is 96.2 Å². The van der Waals surface area contributed by atoms with E-state index in [2.05, 4.69) is 5.32 Å². The average Bonchev–Trinajstić information content (AvgIpc) is 3.41. The first-order valence-electron chi connectivity index (χ1n) is 12.2. The maximum atomic E-state index is 13.0. The Bertz CT molecular complexity index is 1500. The molecule has 196 valence electrons. The van der Waals surface area contributed by atoms with Gasteiger partial charge in [-0.1, -0.05) is 18.2 Å². The first kappa shape index (κ1) is 25.7. The van der Waals surface area contributed by atoms with Crippen molar-refractivity contribution < 1.29 is 22.7 Å². The molecule has 1 aliphatic heterocycles. The van der Waals surface area contributed by atoms with Crippen molar-refractivity contribution in [2.45, 2.75) is 11.4 Å². The number of morpholine rings is 1. The van der Waals surface area contributed by atoms with E-state index in [0.29, 0.717) is 31.9 Å². The Morgan fingerprint density at radius 3 is 2.32 bits per heavy atom. The SMILES string of the molecule is COc1ccc(-c2nn(-c3ccccc3)cc2CNC(=O)c2ccc(S(=O)(=O)N3CCOCC3)cc2)cc1. The smallest absolute Gasteiger partial charge is 0.251 e. The van der Waals surface area contributed by atoms with Gasteiger partial charge in [0.1, 0.15) is 5.75 Å². The number of rotatable bonds is 8. The highest BCUT2D eigenvalue weighted by molar-refractivity contribution is 7.89. The number of aromatic nitrogens is 2. The summed E-state index contributed by atoms with van der Waals surface area (Å²) in [6, 6.07) is 23.3. The van der Waals surface area contributed by atoms with E-state index in [4.69, 9.17) is 14.6 Å². The number of carbonyl (C=O) groups is 1. The molecule has 1 aromatic heterocycles. The molecule has 2 heterocycles. The summed E-state index contributed by atoms with van der Waals surface area (Å²) in [6.07, 6.45) is 1.90. The highest BCUT2D eigenvalue weighted by Crippen LogP contribution is 2.26. The zero-order valence-electron chi connectivity index (χ0n) is 20.9. The van der Waals surface area contributed by atoms with Crippen molar-refractivity contribution in [2.75, 3.05) is 33.4 Å². The van der Waals surface area contributed by atoms with Gasteiger partial charge in [0.2, 0.25) is 10.0 Å². The molecule has 0 aliphatic carbocycles. The number of benzene rings is 3. The van der Waals surface area contributed by atoms with Gasteiger partial charge < -0.3 is 14.8 Å². The zero-order chi connectivity index (χ0) is 26.5. The maximum Gasteiger partial charge on any atom is 0.251 e. The van der Waals surface area contributed by atoms with E-state index in [1.54, 1.807) is 11.8 Å². The molecule has 0 spiro atoms. The van der Waals surface area contributed by atoms with Crippen molar-refractivity contribution in [3.63, 3.8) is 0 Å². The molecule has 1 amide bonds. The minimum atomic E-state index is -3.62. The molecule has 10 heteroatoms. The molecular formula is C28H28N4O5S. The molecular weight excluding hydrogens is 504 g/mol. The summed E-state index contributed by atoms with van der Waals surface area (Å²) in [6.45, 7) is 1.62. The van der Waals surface area contributed by atoms with Gasteiger partial charge in [0, 0.05) is 42.5 Å². The van der Waals surface area contributed by atoms with Crippen LogP contribution in [0.15, 0.2) is 90.0 Å². The standard InChI is InChI=1S/C28H28N4O5S/c1-36-25-11-7-21(8-12-25)27-23(20-32(30-27)24-5-3-2-4-6-24)19-29-28(33)22-9-13-26(14-10-22)38(34,35)31-15-17-37-18-16-31/h2-14,20H,15-19H2,1H3,(H,29,33). The summed E-state index contributed by atoms with van der Waals surface area (Å²) >= 11 is 0. The van der Waals surface area contributed by atoms with Gasteiger partial charge in [0.15, 0.2) is 0 Å². The molecule has 5 rings (SSSR count). The topological polar surface area (TPSA) is 103 Å². The second-order valence-corrected chi connectivity index (χ2v) is 10.7. The lowest BCUT2D eigenvalue weighted by Gasteiger charge is -2.26. The van der Waals surface area contributed by atoms with Gasteiger partial charge in [0.25, 0.3) is 5.91 Å². The third-order valence-corrected chi connectivity index (χ3v) is 8.25. The van der Waals surface area contributed by atoms with Crippen molar-refractivity contribution in [2.24, 2.45) is 0 Å². The number of methoxy groups -OCH3 is 1. The van der Waals surface area contributed by atoms with E-state index in [0.717, 1.165) is 28.3 Å². The Morgan fingerprint density at radius 1 is 0.974 bits per heavy atom. The van der Waals surface area contributed by atoms with Crippen molar-refractivity contribution in [3.8, 4) is 22.7 Å². The van der Waals surface area contributed by atoms with Gasteiger partial charge in [-0.3, -0.25) is 4.79 Å². The number of hydrogen-bond donors (Lipinski definition) is 1. The second kappa shape index (κ2) is 11.2. The van der Waals surface area contributed by atoms with E-state index in [9.17, 15) is 13.2 Å². The highest BCUT2D eigenvalue weighted by Gasteiger charge is 2.26. The largest absolute Gasteiger partial charge is 0.497 e. The Morgan fingerprint density at radius 2 is 1.66 bits per heavy atom. The van der Waals surface area contributed by atoms with Gasteiger partial charge in [-0.25, -0.2) is 13.1 Å². The molecule has 0 atom stereocenters. The Kier molecular flexibility index (Phi) is 7.54. The van der Waals surface area contributed by atoms with Crippen LogP contribution in [0.5, 0.6) is 5.75 Å². The summed E-state index contributed by atoms with van der Waals surface area (Å²) < 4.78 is 39.4. The van der Waals surface area contributed by atoms with Crippen molar-refractivity contribution in [1.29, 1.82) is 0 Å². The number of sulfonamides is 1. The number of ether oxygens (including phenoxy) is 2. The highest BCUT2D eigenvalue weighted by atomic mass is 32.2. The number of amides is 1. The van der Waals surface area contributed by atoms with Gasteiger partial charge >= 0.3 is 0 Å². The van der Waals surface area contributed by atoms with E-state index >= 15 is 0 Å². The minimum Gasteiger partial charge on any atom is -0.497 e. The van der Waals surface area contributed by atoms with Crippen LogP contribution in [-0.4, -0.2) is 61.8 Å². The van der Waals surface area contributed by atoms with Crippen LogP contribution in [0.25, 0.3) is 16.9 Å². The number of nitrogens with one attached hydrogen (secondary N) is 1. The van der Waals surface area contributed by atoms with Crippen LogP contribution in [0, 0.1) is 0 Å². The lowest BCUT2D eigenvalue weighted by Crippen LogP contribution is -2.40. The Hall–Kier alpha value is -3.99. The molecule has 9 nitrogen and oxygen atoms in total. The van der Waals surface area contributed by atoms with E-state index in [1.807, 2.05) is 60.8 Å². The molecule has 0 radical (unpaired) electrons. The Labute approximate surface area is 221 Å². The van der Waals surface area contributed by atoms with Crippen LogP contribution >= 0.6 is 0 Å². The lowest BCUT2D eigenvalue weighted by atomic mass is 10.1. The third-order valence-electron chi connectivity index (χ3n) is 6.34. The monoisotopic (exact) mass is 532 g/mol. The fourth-order valence-electron chi connectivity index (χ4n) is 4.24. The quantitative estimate of drug-likeness (QED) is 0.373. The fourth-order valence-corrected chi connectivity index (χ4v) is 5.64.